The third-order valence-corrected chi connectivity index (χ3v) is 14.8. The van der Waals surface area contributed by atoms with Crippen LogP contribution >= 0.6 is 0 Å². The van der Waals surface area contributed by atoms with Gasteiger partial charge in [0.1, 0.15) is 0 Å². The zero-order valence-corrected chi connectivity index (χ0v) is 31.7. The smallest absolute Gasteiger partial charge is 0.0621 e. The van der Waals surface area contributed by atoms with Crippen LogP contribution in [0.5, 0.6) is 0 Å². The van der Waals surface area contributed by atoms with Crippen LogP contribution < -0.4 is 0 Å². The van der Waals surface area contributed by atoms with Crippen LogP contribution in [-0.2, 0) is 0 Å². The zero-order valence-electron chi connectivity index (χ0n) is 31.7. The lowest BCUT2D eigenvalue weighted by molar-refractivity contribution is 0.525. The van der Waals surface area contributed by atoms with Crippen molar-refractivity contribution in [1.82, 2.24) is 4.98 Å². The highest BCUT2D eigenvalue weighted by atomic mass is 14.7. The van der Waals surface area contributed by atoms with Crippen molar-refractivity contribution in [3.63, 3.8) is 0 Å². The number of aromatic amines is 1. The van der Waals surface area contributed by atoms with Crippen molar-refractivity contribution < 1.29 is 0 Å². The van der Waals surface area contributed by atoms with Crippen LogP contribution in [0.2, 0.25) is 0 Å². The van der Waals surface area contributed by atoms with Gasteiger partial charge in [0, 0.05) is 52.1 Å². The van der Waals surface area contributed by atoms with Gasteiger partial charge in [0.05, 0.1) is 5.71 Å². The second-order valence-corrected chi connectivity index (χ2v) is 17.1. The third-order valence-electron chi connectivity index (χ3n) is 14.8. The number of allylic oxidation sites excluding steroid dienone is 22. The first-order valence-electron chi connectivity index (χ1n) is 20.9. The molecular formula is C55H38N2. The van der Waals surface area contributed by atoms with Gasteiger partial charge in [-0.05, 0) is 149 Å². The monoisotopic (exact) mass is 726 g/mol. The van der Waals surface area contributed by atoms with Gasteiger partial charge in [-0.15, -0.1) is 0 Å². The molecule has 0 saturated heterocycles. The van der Waals surface area contributed by atoms with E-state index >= 15 is 0 Å². The van der Waals surface area contributed by atoms with E-state index < -0.39 is 0 Å². The molecule has 14 rings (SSSR count). The minimum absolute atomic E-state index is 0.179. The van der Waals surface area contributed by atoms with E-state index in [9.17, 15) is 5.41 Å². The standard InChI is InChI=1S/C55H38N2/c1-2-3-16-44(56)52-43-27-42-31-13-7-6-12-30(31)32-14-8-15-39(46(32)42)51(43)55(45-17-9-26-57-45)54-41-25-23-38-36-21-19-34-29-11-5-4-10-28(29)33-18-20-35(48(36)47(33)34)37-22-24-40(53(52)54)50(41)49(37)38/h3-6,8-12,14-27,47-50,56-57H,2,7,13H2,1H3/b16-3-,56-44?. The number of H-pyrrole nitrogens is 1. The van der Waals surface area contributed by atoms with Crippen molar-refractivity contribution in [3.05, 3.63) is 201 Å². The number of fused-ring (bicyclic) bond motifs is 12. The predicted octanol–water partition coefficient (Wildman–Crippen LogP) is 13.4. The van der Waals surface area contributed by atoms with Crippen LogP contribution in [0.15, 0.2) is 162 Å². The number of rotatable bonds is 4. The lowest BCUT2D eigenvalue weighted by Gasteiger charge is -2.48. The van der Waals surface area contributed by atoms with E-state index in [1.807, 2.05) is 0 Å². The van der Waals surface area contributed by atoms with Gasteiger partial charge in [-0.1, -0.05) is 116 Å². The number of aromatic nitrogens is 1. The normalized spacial score (nSPS) is 24.5. The summed E-state index contributed by atoms with van der Waals surface area (Å²) in [5.41, 5.74) is 26.7. The second-order valence-electron chi connectivity index (χ2n) is 17.1. The summed E-state index contributed by atoms with van der Waals surface area (Å²) in [4.78, 5) is 3.70. The Kier molecular flexibility index (Phi) is 5.74. The summed E-state index contributed by atoms with van der Waals surface area (Å²) in [6.07, 6.45) is 33.8. The molecular weight excluding hydrogens is 689 g/mol. The van der Waals surface area contributed by atoms with E-state index in [-0.39, 0.29) is 11.8 Å². The third kappa shape index (κ3) is 3.58. The molecule has 2 N–H and O–H groups in total. The lowest BCUT2D eigenvalue weighted by atomic mass is 9.54. The molecule has 9 aliphatic rings. The van der Waals surface area contributed by atoms with E-state index in [4.69, 9.17) is 0 Å². The molecule has 0 radical (unpaired) electrons. The average molecular weight is 727 g/mol. The molecule has 57 heavy (non-hydrogen) atoms. The number of hydrogen-bond donors (Lipinski definition) is 2. The fraction of sp³-hybridized carbons (Fsp3) is 0.145. The fourth-order valence-electron chi connectivity index (χ4n) is 12.8. The van der Waals surface area contributed by atoms with E-state index in [2.05, 4.69) is 152 Å². The minimum Gasteiger partial charge on any atom is -0.361 e. The molecule has 1 aromatic heterocycles. The van der Waals surface area contributed by atoms with Crippen LogP contribution in [0.1, 0.15) is 65.1 Å². The summed E-state index contributed by atoms with van der Waals surface area (Å²) in [5.74, 6) is 1.11. The molecule has 4 atom stereocenters. The number of hydrogen-bond acceptors (Lipinski definition) is 1. The Bertz CT molecular complexity index is 3220. The Balaban J connectivity index is 1.10. The topological polar surface area (TPSA) is 39.6 Å². The Morgan fingerprint density at radius 2 is 1.26 bits per heavy atom. The molecule has 0 amide bonds. The molecule has 0 bridgehead atoms. The highest BCUT2D eigenvalue weighted by Crippen LogP contribution is 2.68. The van der Waals surface area contributed by atoms with Crippen molar-refractivity contribution in [2.45, 2.75) is 26.2 Å². The summed E-state index contributed by atoms with van der Waals surface area (Å²) in [6.45, 7) is 2.17. The Morgan fingerprint density at radius 1 is 0.632 bits per heavy atom. The summed E-state index contributed by atoms with van der Waals surface area (Å²) in [6, 6.07) is 22.9. The summed E-state index contributed by atoms with van der Waals surface area (Å²) < 4.78 is 0. The molecule has 1 fully saturated rings. The average Bonchev–Trinajstić information content (AvgIpc) is 4.05. The van der Waals surface area contributed by atoms with Crippen LogP contribution in [0.4, 0.5) is 0 Å². The van der Waals surface area contributed by atoms with Crippen LogP contribution in [0.3, 0.4) is 0 Å². The summed E-state index contributed by atoms with van der Waals surface area (Å²) >= 11 is 0. The maximum absolute atomic E-state index is 9.97. The van der Waals surface area contributed by atoms with Gasteiger partial charge in [-0.2, -0.15) is 0 Å². The van der Waals surface area contributed by atoms with Gasteiger partial charge in [0.15, 0.2) is 0 Å². The Hall–Kier alpha value is -6.51. The van der Waals surface area contributed by atoms with Crippen molar-refractivity contribution in [2.24, 2.45) is 23.7 Å². The van der Waals surface area contributed by atoms with Crippen LogP contribution in [0.25, 0.3) is 66.2 Å². The summed E-state index contributed by atoms with van der Waals surface area (Å²) in [5, 5.41) is 15.1. The maximum Gasteiger partial charge on any atom is 0.0621 e. The van der Waals surface area contributed by atoms with E-state index in [1.165, 1.54) is 116 Å². The number of benzene rings is 4. The van der Waals surface area contributed by atoms with E-state index in [1.54, 1.807) is 0 Å². The first-order chi connectivity index (χ1) is 28.2. The van der Waals surface area contributed by atoms with Crippen molar-refractivity contribution >= 4 is 60.7 Å². The Morgan fingerprint density at radius 3 is 1.95 bits per heavy atom. The van der Waals surface area contributed by atoms with Crippen molar-refractivity contribution in [3.8, 4) is 11.3 Å². The van der Waals surface area contributed by atoms with Gasteiger partial charge in [0.25, 0.3) is 0 Å². The van der Waals surface area contributed by atoms with Gasteiger partial charge < -0.3 is 10.4 Å². The van der Waals surface area contributed by atoms with Crippen LogP contribution in [0, 0.1) is 29.1 Å². The molecule has 4 aromatic carbocycles. The largest absolute Gasteiger partial charge is 0.361 e. The highest BCUT2D eigenvalue weighted by molar-refractivity contribution is 6.32. The molecule has 1 saturated carbocycles. The molecule has 1 heterocycles. The molecule has 2 heteroatoms. The summed E-state index contributed by atoms with van der Waals surface area (Å²) in [7, 11) is 0. The zero-order chi connectivity index (χ0) is 37.3. The highest BCUT2D eigenvalue weighted by Gasteiger charge is 2.54. The first-order valence-corrected chi connectivity index (χ1v) is 20.9. The fourth-order valence-corrected chi connectivity index (χ4v) is 12.8. The van der Waals surface area contributed by atoms with Gasteiger partial charge in [-0.3, -0.25) is 0 Å². The second kappa shape index (κ2) is 10.7. The lowest BCUT2D eigenvalue weighted by Crippen LogP contribution is -2.37. The van der Waals surface area contributed by atoms with Gasteiger partial charge in [0.2, 0.25) is 0 Å². The molecule has 9 aliphatic carbocycles. The first kappa shape index (κ1) is 30.7. The van der Waals surface area contributed by atoms with Gasteiger partial charge >= 0.3 is 0 Å². The number of nitrogens with one attached hydrogen (secondary N) is 2. The SMILES string of the molecule is CC/C=C\C(=N)c1c2c(c(-c3ccc[nH]3)c3c1cc1c4c(cccc43)C3=C1CCC=C3)C1=CC=C3C4=CC=C5c6ccccc6C6=CC=C(C7=CC=C2C1C73)C4C65. The molecule has 268 valence electrons. The molecule has 2 nitrogen and oxygen atoms in total. The van der Waals surface area contributed by atoms with Crippen LogP contribution in [-0.4, -0.2) is 10.7 Å². The Labute approximate surface area is 331 Å². The molecule has 0 spiro atoms. The quantitative estimate of drug-likeness (QED) is 0.137. The minimum atomic E-state index is 0.179. The van der Waals surface area contributed by atoms with E-state index in [0.717, 1.165) is 30.5 Å². The molecule has 4 unspecified atom stereocenters. The predicted molar refractivity (Wildman–Crippen MR) is 237 cm³/mol. The molecule has 0 aliphatic heterocycles. The van der Waals surface area contributed by atoms with Gasteiger partial charge in [-0.25, -0.2) is 0 Å². The maximum atomic E-state index is 9.97. The van der Waals surface area contributed by atoms with Crippen molar-refractivity contribution in [2.75, 3.05) is 0 Å². The van der Waals surface area contributed by atoms with E-state index in [0.29, 0.717) is 17.5 Å². The molecule has 5 aromatic rings. The van der Waals surface area contributed by atoms with Crippen molar-refractivity contribution in [1.29, 1.82) is 5.41 Å².